The predicted octanol–water partition coefficient (Wildman–Crippen LogP) is 4.57. The van der Waals surface area contributed by atoms with Gasteiger partial charge in [-0.3, -0.25) is 0 Å². The molecule has 0 bridgehead atoms. The molecule has 1 nitrogen and oxygen atoms in total. The smallest absolute Gasteiger partial charge is 0.0858 e. The molecule has 1 aliphatic carbocycles. The molecule has 104 valence electrons. The van der Waals surface area contributed by atoms with E-state index in [4.69, 9.17) is 0 Å². The van der Waals surface area contributed by atoms with Crippen LogP contribution in [0.15, 0.2) is 48.5 Å². The molecule has 0 aromatic heterocycles. The SMILES string of the molecule is CC(C)c1ccc(C(O)C2CCc3ccccc32)cc1. The van der Waals surface area contributed by atoms with Crippen molar-refractivity contribution in [2.45, 2.75) is 44.6 Å². The first kappa shape index (κ1) is 13.4. The molecule has 0 saturated carbocycles. The second-order valence-electron chi connectivity index (χ2n) is 6.11. The highest BCUT2D eigenvalue weighted by Gasteiger charge is 2.29. The van der Waals surface area contributed by atoms with Crippen LogP contribution < -0.4 is 0 Å². The number of benzene rings is 2. The topological polar surface area (TPSA) is 20.2 Å². The van der Waals surface area contributed by atoms with E-state index in [-0.39, 0.29) is 12.0 Å². The minimum atomic E-state index is -0.389. The highest BCUT2D eigenvalue weighted by Crippen LogP contribution is 2.41. The fourth-order valence-electron chi connectivity index (χ4n) is 3.23. The van der Waals surface area contributed by atoms with E-state index >= 15 is 0 Å². The standard InChI is InChI=1S/C19H22O/c1-13(2)14-7-9-16(10-8-14)19(20)18-12-11-15-5-3-4-6-17(15)18/h3-10,13,18-20H,11-12H2,1-2H3. The van der Waals surface area contributed by atoms with E-state index in [1.54, 1.807) is 0 Å². The largest absolute Gasteiger partial charge is 0.388 e. The van der Waals surface area contributed by atoms with Crippen LogP contribution in [0.25, 0.3) is 0 Å². The maximum Gasteiger partial charge on any atom is 0.0858 e. The molecule has 2 aromatic carbocycles. The summed E-state index contributed by atoms with van der Waals surface area (Å²) in [6.45, 7) is 4.39. The van der Waals surface area contributed by atoms with Gasteiger partial charge in [0.1, 0.15) is 0 Å². The van der Waals surface area contributed by atoms with Crippen molar-refractivity contribution in [2.24, 2.45) is 0 Å². The van der Waals surface area contributed by atoms with Crippen LogP contribution in [-0.4, -0.2) is 5.11 Å². The summed E-state index contributed by atoms with van der Waals surface area (Å²) in [5.41, 5.74) is 5.09. The van der Waals surface area contributed by atoms with Crippen LogP contribution in [0.5, 0.6) is 0 Å². The summed E-state index contributed by atoms with van der Waals surface area (Å²) >= 11 is 0. The molecule has 20 heavy (non-hydrogen) atoms. The van der Waals surface area contributed by atoms with Gasteiger partial charge in [-0.25, -0.2) is 0 Å². The van der Waals surface area contributed by atoms with Crippen LogP contribution in [0.3, 0.4) is 0 Å². The van der Waals surface area contributed by atoms with Crippen LogP contribution in [0.2, 0.25) is 0 Å². The van der Waals surface area contributed by atoms with Crippen molar-refractivity contribution in [3.8, 4) is 0 Å². The lowest BCUT2D eigenvalue weighted by Crippen LogP contribution is -2.08. The van der Waals surface area contributed by atoms with Gasteiger partial charge in [-0.1, -0.05) is 62.4 Å². The Morgan fingerprint density at radius 2 is 1.60 bits per heavy atom. The van der Waals surface area contributed by atoms with Crippen LogP contribution in [0.4, 0.5) is 0 Å². The highest BCUT2D eigenvalue weighted by atomic mass is 16.3. The molecule has 2 atom stereocenters. The Balaban J connectivity index is 1.85. The fourth-order valence-corrected chi connectivity index (χ4v) is 3.23. The summed E-state index contributed by atoms with van der Waals surface area (Å²) in [5.74, 6) is 0.782. The average Bonchev–Trinajstić information content (AvgIpc) is 2.90. The molecule has 0 saturated heterocycles. The Labute approximate surface area is 121 Å². The summed E-state index contributed by atoms with van der Waals surface area (Å²) in [6, 6.07) is 17.0. The molecule has 2 unspecified atom stereocenters. The van der Waals surface area contributed by atoms with Crippen LogP contribution >= 0.6 is 0 Å². The third kappa shape index (κ3) is 2.38. The van der Waals surface area contributed by atoms with Gasteiger partial charge in [0.15, 0.2) is 0 Å². The molecular formula is C19H22O. The van der Waals surface area contributed by atoms with E-state index in [0.717, 1.165) is 18.4 Å². The van der Waals surface area contributed by atoms with Crippen molar-refractivity contribution in [2.75, 3.05) is 0 Å². The first-order valence-corrected chi connectivity index (χ1v) is 7.52. The Hall–Kier alpha value is -1.60. The summed E-state index contributed by atoms with van der Waals surface area (Å²) in [4.78, 5) is 0. The molecule has 1 heteroatoms. The Kier molecular flexibility index (Phi) is 3.62. The van der Waals surface area contributed by atoms with E-state index in [2.05, 4.69) is 62.4 Å². The van der Waals surface area contributed by atoms with Gasteiger partial charge in [0.25, 0.3) is 0 Å². The van der Waals surface area contributed by atoms with Gasteiger partial charge in [-0.2, -0.15) is 0 Å². The van der Waals surface area contributed by atoms with Gasteiger partial charge in [0, 0.05) is 5.92 Å². The Morgan fingerprint density at radius 3 is 2.30 bits per heavy atom. The zero-order valence-corrected chi connectivity index (χ0v) is 12.2. The number of aliphatic hydroxyl groups is 1. The van der Waals surface area contributed by atoms with Crippen LogP contribution in [0.1, 0.15) is 60.5 Å². The molecule has 0 heterocycles. The maximum atomic E-state index is 10.7. The van der Waals surface area contributed by atoms with Gasteiger partial charge in [-0.15, -0.1) is 0 Å². The van der Waals surface area contributed by atoms with Crippen molar-refractivity contribution < 1.29 is 5.11 Å². The second-order valence-corrected chi connectivity index (χ2v) is 6.11. The summed E-state index contributed by atoms with van der Waals surface area (Å²) in [7, 11) is 0. The lowest BCUT2D eigenvalue weighted by molar-refractivity contribution is 0.145. The van der Waals surface area contributed by atoms with Crippen molar-refractivity contribution in [1.29, 1.82) is 0 Å². The molecule has 0 spiro atoms. The second kappa shape index (κ2) is 5.41. The minimum absolute atomic E-state index is 0.246. The van der Waals surface area contributed by atoms with Gasteiger partial charge in [-0.05, 0) is 41.0 Å². The number of hydrogen-bond donors (Lipinski definition) is 1. The maximum absolute atomic E-state index is 10.7. The van der Waals surface area contributed by atoms with E-state index in [1.165, 1.54) is 16.7 Å². The van der Waals surface area contributed by atoms with E-state index in [1.807, 2.05) is 0 Å². The first-order valence-electron chi connectivity index (χ1n) is 7.52. The lowest BCUT2D eigenvalue weighted by Gasteiger charge is -2.20. The van der Waals surface area contributed by atoms with E-state index in [9.17, 15) is 5.11 Å². The van der Waals surface area contributed by atoms with Crippen LogP contribution in [-0.2, 0) is 6.42 Å². The number of aliphatic hydroxyl groups excluding tert-OH is 1. The average molecular weight is 266 g/mol. The quantitative estimate of drug-likeness (QED) is 0.862. The summed E-state index contributed by atoms with van der Waals surface area (Å²) in [5, 5.41) is 10.7. The molecule has 2 aromatic rings. The molecule has 0 fully saturated rings. The summed E-state index contributed by atoms with van der Waals surface area (Å²) in [6.07, 6.45) is 1.74. The monoisotopic (exact) mass is 266 g/mol. The third-order valence-electron chi connectivity index (χ3n) is 4.51. The van der Waals surface area contributed by atoms with Gasteiger partial charge in [0.2, 0.25) is 0 Å². The Morgan fingerprint density at radius 1 is 0.950 bits per heavy atom. The zero-order valence-electron chi connectivity index (χ0n) is 12.2. The zero-order chi connectivity index (χ0) is 14.1. The summed E-state index contributed by atoms with van der Waals surface area (Å²) < 4.78 is 0. The highest BCUT2D eigenvalue weighted by molar-refractivity contribution is 5.38. The normalized spacial score (nSPS) is 19.1. The van der Waals surface area contributed by atoms with Crippen molar-refractivity contribution in [3.63, 3.8) is 0 Å². The Bertz CT molecular complexity index is 583. The number of fused-ring (bicyclic) bond motifs is 1. The predicted molar refractivity (Wildman–Crippen MR) is 83.0 cm³/mol. The number of rotatable bonds is 3. The molecule has 0 radical (unpaired) electrons. The lowest BCUT2D eigenvalue weighted by atomic mass is 9.89. The molecule has 3 rings (SSSR count). The minimum Gasteiger partial charge on any atom is -0.388 e. The van der Waals surface area contributed by atoms with Gasteiger partial charge >= 0.3 is 0 Å². The molecular weight excluding hydrogens is 244 g/mol. The van der Waals surface area contributed by atoms with Crippen molar-refractivity contribution >= 4 is 0 Å². The van der Waals surface area contributed by atoms with Crippen LogP contribution in [0, 0.1) is 0 Å². The van der Waals surface area contributed by atoms with Gasteiger partial charge in [0.05, 0.1) is 6.10 Å². The molecule has 1 N–H and O–H groups in total. The molecule has 0 aliphatic heterocycles. The number of hydrogen-bond acceptors (Lipinski definition) is 1. The number of aryl methyl sites for hydroxylation is 1. The van der Waals surface area contributed by atoms with Gasteiger partial charge < -0.3 is 5.11 Å². The van der Waals surface area contributed by atoms with E-state index in [0.29, 0.717) is 5.92 Å². The molecule has 1 aliphatic rings. The third-order valence-corrected chi connectivity index (χ3v) is 4.51. The van der Waals surface area contributed by atoms with Crippen molar-refractivity contribution in [3.05, 3.63) is 70.8 Å². The first-order chi connectivity index (χ1) is 9.66. The fraction of sp³-hybridized carbons (Fsp3) is 0.368. The van der Waals surface area contributed by atoms with Crippen molar-refractivity contribution in [1.82, 2.24) is 0 Å². The van der Waals surface area contributed by atoms with E-state index < -0.39 is 0 Å². The molecule has 0 amide bonds.